The highest BCUT2D eigenvalue weighted by Gasteiger charge is 2.18. The number of hydrogen-bond acceptors (Lipinski definition) is 9. The second kappa shape index (κ2) is 23.5. The fraction of sp³-hybridized carbons (Fsp3) is 0.439. The maximum atomic E-state index is 13.0. The summed E-state index contributed by atoms with van der Waals surface area (Å²) in [5, 5.41) is 0. The number of hydrogen-bond donors (Lipinski definition) is 0. The first-order chi connectivity index (χ1) is 24.4. The van der Waals surface area contributed by atoms with E-state index in [1.165, 1.54) is 11.6 Å². The van der Waals surface area contributed by atoms with Crippen LogP contribution in [-0.2, 0) is 14.3 Å². The molecule has 0 aliphatic heterocycles. The van der Waals surface area contributed by atoms with Gasteiger partial charge in [0, 0.05) is 6.08 Å². The summed E-state index contributed by atoms with van der Waals surface area (Å²) in [4.78, 5) is 37.0. The zero-order chi connectivity index (χ0) is 35.8. The minimum Gasteiger partial charge on any atom is -0.494 e. The first-order valence-corrected chi connectivity index (χ1v) is 17.8. The van der Waals surface area contributed by atoms with E-state index in [2.05, 4.69) is 20.4 Å². The SMILES string of the molecule is C=CC(=O)OCCCCCCOc1ccc(C(=O)Oc2ccc(OCCCCCCOc3ccc(C)cc3)c(C(=O)OCCCCC)c2)cc1. The van der Waals surface area contributed by atoms with E-state index in [9.17, 15) is 14.4 Å². The largest absolute Gasteiger partial charge is 0.494 e. The average molecular weight is 689 g/mol. The second-order valence-corrected chi connectivity index (χ2v) is 12.0. The lowest BCUT2D eigenvalue weighted by molar-refractivity contribution is -0.137. The number of carbonyl (C=O) groups excluding carboxylic acids is 3. The van der Waals surface area contributed by atoms with Crippen molar-refractivity contribution in [3.05, 3.63) is 96.1 Å². The van der Waals surface area contributed by atoms with Gasteiger partial charge in [-0.15, -0.1) is 0 Å². The minimum absolute atomic E-state index is 0.219. The topological polar surface area (TPSA) is 107 Å². The standard InChI is InChI=1S/C41H52O9/c1-4-6-11-30-49-41(44)37-31-36(24-25-38(37)47-28-14-9-7-12-26-45-34-20-16-32(3)17-21-34)50-40(43)33-18-22-35(23-19-33)46-27-13-8-10-15-29-48-39(42)5-2/h5,16-25,31H,2,4,6-15,26-30H2,1,3H3. The molecule has 3 aromatic rings. The molecule has 50 heavy (non-hydrogen) atoms. The van der Waals surface area contributed by atoms with Crippen LogP contribution in [0.2, 0.25) is 0 Å². The van der Waals surface area contributed by atoms with Gasteiger partial charge in [0.2, 0.25) is 0 Å². The molecule has 0 fully saturated rings. The van der Waals surface area contributed by atoms with Gasteiger partial charge in [-0.3, -0.25) is 0 Å². The van der Waals surface area contributed by atoms with Gasteiger partial charge >= 0.3 is 17.9 Å². The third-order valence-corrected chi connectivity index (χ3v) is 7.76. The van der Waals surface area contributed by atoms with Gasteiger partial charge in [-0.1, -0.05) is 44.0 Å². The molecular formula is C41H52O9. The van der Waals surface area contributed by atoms with Crippen molar-refractivity contribution >= 4 is 17.9 Å². The van der Waals surface area contributed by atoms with E-state index in [0.717, 1.165) is 82.5 Å². The summed E-state index contributed by atoms with van der Waals surface area (Å²) in [5.41, 5.74) is 1.77. The fourth-order valence-corrected chi connectivity index (χ4v) is 4.85. The van der Waals surface area contributed by atoms with Crippen LogP contribution >= 0.6 is 0 Å². The number of esters is 3. The summed E-state index contributed by atoms with van der Waals surface area (Å²) in [5.74, 6) is 0.664. The van der Waals surface area contributed by atoms with Crippen molar-refractivity contribution in [1.82, 2.24) is 0 Å². The summed E-state index contributed by atoms with van der Waals surface area (Å²) < 4.78 is 33.7. The molecule has 0 heterocycles. The zero-order valence-corrected chi connectivity index (χ0v) is 29.6. The molecule has 9 heteroatoms. The summed E-state index contributed by atoms with van der Waals surface area (Å²) in [6.07, 6.45) is 11.2. The lowest BCUT2D eigenvalue weighted by atomic mass is 10.1. The van der Waals surface area contributed by atoms with Crippen LogP contribution in [0.1, 0.15) is 104 Å². The Labute approximate surface area is 296 Å². The summed E-state index contributed by atoms with van der Waals surface area (Å²) >= 11 is 0. The maximum Gasteiger partial charge on any atom is 0.343 e. The van der Waals surface area contributed by atoms with Crippen LogP contribution in [0.5, 0.6) is 23.0 Å². The molecule has 0 aromatic heterocycles. The van der Waals surface area contributed by atoms with E-state index in [-0.39, 0.29) is 11.3 Å². The maximum absolute atomic E-state index is 13.0. The highest BCUT2D eigenvalue weighted by molar-refractivity contribution is 5.94. The number of unbranched alkanes of at least 4 members (excludes halogenated alkanes) is 8. The molecule has 0 aliphatic carbocycles. The van der Waals surface area contributed by atoms with Crippen molar-refractivity contribution in [2.24, 2.45) is 0 Å². The number of rotatable bonds is 25. The first-order valence-electron chi connectivity index (χ1n) is 17.8. The van der Waals surface area contributed by atoms with Gasteiger partial charge in [0.25, 0.3) is 0 Å². The Bertz CT molecular complexity index is 1450. The zero-order valence-electron chi connectivity index (χ0n) is 29.6. The lowest BCUT2D eigenvalue weighted by Gasteiger charge is -2.13. The molecule has 0 N–H and O–H groups in total. The summed E-state index contributed by atoms with van der Waals surface area (Å²) in [6.45, 7) is 9.84. The van der Waals surface area contributed by atoms with Crippen LogP contribution in [0.25, 0.3) is 0 Å². The van der Waals surface area contributed by atoms with E-state index < -0.39 is 17.9 Å². The minimum atomic E-state index is -0.559. The second-order valence-electron chi connectivity index (χ2n) is 12.0. The average Bonchev–Trinajstić information content (AvgIpc) is 3.13. The molecule has 0 aliphatic rings. The highest BCUT2D eigenvalue weighted by Crippen LogP contribution is 2.27. The Kier molecular flexibility index (Phi) is 18.7. The van der Waals surface area contributed by atoms with Crippen LogP contribution in [0.3, 0.4) is 0 Å². The Morgan fingerprint density at radius 1 is 0.580 bits per heavy atom. The number of aryl methyl sites for hydroxylation is 1. The van der Waals surface area contributed by atoms with Gasteiger partial charge in [0.1, 0.15) is 28.6 Å². The molecule has 270 valence electrons. The lowest BCUT2D eigenvalue weighted by Crippen LogP contribution is -2.12. The van der Waals surface area contributed by atoms with Crippen molar-refractivity contribution in [2.45, 2.75) is 84.5 Å². The smallest absolute Gasteiger partial charge is 0.343 e. The molecular weight excluding hydrogens is 636 g/mol. The fourth-order valence-electron chi connectivity index (χ4n) is 4.85. The van der Waals surface area contributed by atoms with Gasteiger partial charge in [0.05, 0.1) is 38.6 Å². The third-order valence-electron chi connectivity index (χ3n) is 7.76. The Balaban J connectivity index is 1.45. The first kappa shape index (κ1) is 39.6. The van der Waals surface area contributed by atoms with E-state index in [0.29, 0.717) is 50.1 Å². The molecule has 0 unspecified atom stereocenters. The van der Waals surface area contributed by atoms with Crippen LogP contribution in [0, 0.1) is 6.92 Å². The predicted octanol–water partition coefficient (Wildman–Crippen LogP) is 9.25. The molecule has 0 bridgehead atoms. The molecule has 0 spiro atoms. The highest BCUT2D eigenvalue weighted by atomic mass is 16.5. The summed E-state index contributed by atoms with van der Waals surface area (Å²) in [7, 11) is 0. The Morgan fingerprint density at radius 2 is 1.10 bits per heavy atom. The molecule has 3 rings (SSSR count). The molecule has 0 amide bonds. The monoisotopic (exact) mass is 688 g/mol. The van der Waals surface area contributed by atoms with E-state index in [4.69, 9.17) is 28.4 Å². The molecule has 3 aromatic carbocycles. The van der Waals surface area contributed by atoms with Gasteiger partial charge in [-0.2, -0.15) is 0 Å². The Morgan fingerprint density at radius 3 is 1.70 bits per heavy atom. The predicted molar refractivity (Wildman–Crippen MR) is 193 cm³/mol. The van der Waals surface area contributed by atoms with Crippen LogP contribution in [0.4, 0.5) is 0 Å². The molecule has 0 saturated carbocycles. The van der Waals surface area contributed by atoms with Crippen molar-refractivity contribution < 1.29 is 42.8 Å². The van der Waals surface area contributed by atoms with Crippen LogP contribution in [-0.4, -0.2) is 50.9 Å². The van der Waals surface area contributed by atoms with E-state index in [1.807, 2.05) is 24.3 Å². The number of carbonyl (C=O) groups is 3. The van der Waals surface area contributed by atoms with Crippen molar-refractivity contribution in [3.8, 4) is 23.0 Å². The van der Waals surface area contributed by atoms with Gasteiger partial charge in [-0.05, 0) is 119 Å². The molecule has 0 atom stereocenters. The van der Waals surface area contributed by atoms with E-state index >= 15 is 0 Å². The van der Waals surface area contributed by atoms with Crippen molar-refractivity contribution in [2.75, 3.05) is 33.0 Å². The quantitative estimate of drug-likeness (QED) is 0.0373. The summed E-state index contributed by atoms with van der Waals surface area (Å²) in [6, 6.07) is 19.5. The van der Waals surface area contributed by atoms with Crippen molar-refractivity contribution in [3.63, 3.8) is 0 Å². The van der Waals surface area contributed by atoms with Crippen LogP contribution < -0.4 is 18.9 Å². The molecule has 9 nitrogen and oxygen atoms in total. The number of benzene rings is 3. The molecule has 0 saturated heterocycles. The normalized spacial score (nSPS) is 10.6. The molecule has 0 radical (unpaired) electrons. The third kappa shape index (κ3) is 15.6. The van der Waals surface area contributed by atoms with Gasteiger partial charge in [-0.25, -0.2) is 14.4 Å². The number of ether oxygens (including phenoxy) is 6. The van der Waals surface area contributed by atoms with Crippen molar-refractivity contribution in [1.29, 1.82) is 0 Å². The van der Waals surface area contributed by atoms with E-state index in [1.54, 1.807) is 36.4 Å². The van der Waals surface area contributed by atoms with Gasteiger partial charge in [0.15, 0.2) is 0 Å². The Hall–Kier alpha value is -4.79. The van der Waals surface area contributed by atoms with Gasteiger partial charge < -0.3 is 28.4 Å². The van der Waals surface area contributed by atoms with Crippen LogP contribution in [0.15, 0.2) is 79.4 Å².